The van der Waals surface area contributed by atoms with Crippen LogP contribution in [0.5, 0.6) is 0 Å². The van der Waals surface area contributed by atoms with Gasteiger partial charge in [-0.15, -0.1) is 11.3 Å². The summed E-state index contributed by atoms with van der Waals surface area (Å²) in [5.74, 6) is -0.0473. The number of amides is 1. The summed E-state index contributed by atoms with van der Waals surface area (Å²) >= 11 is 1.51. The SMILES string of the molecule is CC1(NC(=O)c2csc(CCN)n2)CCCC1. The maximum atomic E-state index is 12.0. The van der Waals surface area contributed by atoms with Crippen molar-refractivity contribution in [3.8, 4) is 0 Å². The number of carbonyl (C=O) groups is 1. The Morgan fingerprint density at radius 2 is 2.29 bits per heavy atom. The van der Waals surface area contributed by atoms with Gasteiger partial charge >= 0.3 is 0 Å². The number of nitrogens with zero attached hydrogens (tertiary/aromatic N) is 1. The van der Waals surface area contributed by atoms with Crippen LogP contribution in [-0.4, -0.2) is 23.0 Å². The second-order valence-electron chi connectivity index (χ2n) is 4.89. The van der Waals surface area contributed by atoms with Gasteiger partial charge < -0.3 is 11.1 Å². The molecule has 17 heavy (non-hydrogen) atoms. The number of nitrogens with two attached hydrogens (primary N) is 1. The van der Waals surface area contributed by atoms with Crippen molar-refractivity contribution in [2.45, 2.75) is 44.6 Å². The predicted octanol–water partition coefficient (Wildman–Crippen LogP) is 1.71. The van der Waals surface area contributed by atoms with E-state index >= 15 is 0 Å². The Hall–Kier alpha value is -0.940. The number of nitrogens with one attached hydrogen (secondary N) is 1. The van der Waals surface area contributed by atoms with Crippen LogP contribution in [0.25, 0.3) is 0 Å². The van der Waals surface area contributed by atoms with Gasteiger partial charge in [0, 0.05) is 17.3 Å². The second kappa shape index (κ2) is 5.14. The Balaban J connectivity index is 1.98. The fourth-order valence-corrected chi connectivity index (χ4v) is 3.07. The molecule has 5 heteroatoms. The van der Waals surface area contributed by atoms with E-state index in [-0.39, 0.29) is 11.4 Å². The van der Waals surface area contributed by atoms with Crippen molar-refractivity contribution in [1.82, 2.24) is 10.3 Å². The summed E-state index contributed by atoms with van der Waals surface area (Å²) in [6.07, 6.45) is 5.28. The molecule has 94 valence electrons. The summed E-state index contributed by atoms with van der Waals surface area (Å²) < 4.78 is 0. The first-order valence-corrected chi connectivity index (χ1v) is 6.98. The van der Waals surface area contributed by atoms with Crippen LogP contribution < -0.4 is 11.1 Å². The minimum absolute atomic E-state index is 0.0330. The third-order valence-corrected chi connectivity index (χ3v) is 4.17. The van der Waals surface area contributed by atoms with Crippen LogP contribution in [0.4, 0.5) is 0 Å². The summed E-state index contributed by atoms with van der Waals surface area (Å²) in [5, 5.41) is 5.86. The number of thiazole rings is 1. The van der Waals surface area contributed by atoms with Gasteiger partial charge in [0.1, 0.15) is 5.69 Å². The van der Waals surface area contributed by atoms with Crippen LogP contribution >= 0.6 is 11.3 Å². The molecule has 0 aromatic carbocycles. The third-order valence-electron chi connectivity index (χ3n) is 3.27. The van der Waals surface area contributed by atoms with Crippen LogP contribution in [-0.2, 0) is 6.42 Å². The molecular weight excluding hydrogens is 234 g/mol. The van der Waals surface area contributed by atoms with Crippen LogP contribution in [0.15, 0.2) is 5.38 Å². The van der Waals surface area contributed by atoms with E-state index in [1.54, 1.807) is 0 Å². The van der Waals surface area contributed by atoms with E-state index in [0.717, 1.165) is 24.3 Å². The molecule has 1 aliphatic carbocycles. The van der Waals surface area contributed by atoms with E-state index in [0.29, 0.717) is 12.2 Å². The van der Waals surface area contributed by atoms with Gasteiger partial charge in [-0.3, -0.25) is 4.79 Å². The molecule has 1 saturated carbocycles. The summed E-state index contributed by atoms with van der Waals surface area (Å²) in [7, 11) is 0. The van der Waals surface area contributed by atoms with E-state index in [9.17, 15) is 4.79 Å². The van der Waals surface area contributed by atoms with Crippen LogP contribution in [0.2, 0.25) is 0 Å². The Kier molecular flexibility index (Phi) is 3.79. The lowest BCUT2D eigenvalue weighted by atomic mass is 10.0. The zero-order chi connectivity index (χ0) is 12.3. The van der Waals surface area contributed by atoms with Crippen molar-refractivity contribution in [3.05, 3.63) is 16.1 Å². The van der Waals surface area contributed by atoms with Crippen molar-refractivity contribution >= 4 is 17.2 Å². The maximum Gasteiger partial charge on any atom is 0.271 e. The summed E-state index contributed by atoms with van der Waals surface area (Å²) in [6.45, 7) is 2.69. The minimum atomic E-state index is -0.0473. The lowest BCUT2D eigenvalue weighted by Gasteiger charge is -2.24. The van der Waals surface area contributed by atoms with Crippen molar-refractivity contribution < 1.29 is 4.79 Å². The van der Waals surface area contributed by atoms with Crippen molar-refractivity contribution in [3.63, 3.8) is 0 Å². The average Bonchev–Trinajstić information content (AvgIpc) is 2.88. The molecule has 0 saturated heterocycles. The van der Waals surface area contributed by atoms with Crippen molar-refractivity contribution in [2.24, 2.45) is 5.73 Å². The van der Waals surface area contributed by atoms with Gasteiger partial charge in [-0.25, -0.2) is 4.98 Å². The summed E-state index contributed by atoms with van der Waals surface area (Å²) in [5.41, 5.74) is 5.97. The number of carbonyl (C=O) groups excluding carboxylic acids is 1. The van der Waals surface area contributed by atoms with E-state index in [1.807, 2.05) is 5.38 Å². The highest BCUT2D eigenvalue weighted by molar-refractivity contribution is 7.09. The molecule has 1 fully saturated rings. The molecule has 2 rings (SSSR count). The van der Waals surface area contributed by atoms with Gasteiger partial charge in [-0.1, -0.05) is 12.8 Å². The number of aromatic nitrogens is 1. The highest BCUT2D eigenvalue weighted by Crippen LogP contribution is 2.29. The minimum Gasteiger partial charge on any atom is -0.346 e. The van der Waals surface area contributed by atoms with E-state index < -0.39 is 0 Å². The highest BCUT2D eigenvalue weighted by Gasteiger charge is 2.30. The fraction of sp³-hybridized carbons (Fsp3) is 0.667. The van der Waals surface area contributed by atoms with Gasteiger partial charge in [-0.2, -0.15) is 0 Å². The standard InChI is InChI=1S/C12H19N3OS/c1-12(5-2-3-6-12)15-11(16)9-8-17-10(14-9)4-7-13/h8H,2-7,13H2,1H3,(H,15,16). The van der Waals surface area contributed by atoms with Crippen LogP contribution in [0.1, 0.15) is 48.1 Å². The average molecular weight is 253 g/mol. The van der Waals surface area contributed by atoms with E-state index in [1.165, 1.54) is 24.2 Å². The van der Waals surface area contributed by atoms with Gasteiger partial charge in [0.15, 0.2) is 0 Å². The molecule has 0 unspecified atom stereocenters. The molecule has 1 heterocycles. The topological polar surface area (TPSA) is 68.0 Å². The smallest absolute Gasteiger partial charge is 0.271 e. The first-order valence-electron chi connectivity index (χ1n) is 6.10. The zero-order valence-electron chi connectivity index (χ0n) is 10.2. The maximum absolute atomic E-state index is 12.0. The Bertz CT molecular complexity index is 396. The molecule has 0 aliphatic heterocycles. The molecule has 4 nitrogen and oxygen atoms in total. The van der Waals surface area contributed by atoms with E-state index in [2.05, 4.69) is 17.2 Å². The normalized spacial score (nSPS) is 18.2. The van der Waals surface area contributed by atoms with Gasteiger partial charge in [0.05, 0.1) is 5.01 Å². The Morgan fingerprint density at radius 3 is 2.94 bits per heavy atom. The van der Waals surface area contributed by atoms with Crippen molar-refractivity contribution in [1.29, 1.82) is 0 Å². The molecule has 3 N–H and O–H groups in total. The molecular formula is C12H19N3OS. The number of hydrogen-bond donors (Lipinski definition) is 2. The first-order chi connectivity index (χ1) is 8.13. The monoisotopic (exact) mass is 253 g/mol. The van der Waals surface area contributed by atoms with Crippen LogP contribution in [0.3, 0.4) is 0 Å². The Morgan fingerprint density at radius 1 is 1.59 bits per heavy atom. The summed E-state index contributed by atoms with van der Waals surface area (Å²) in [6, 6.07) is 0. The molecule has 1 aromatic heterocycles. The van der Waals surface area contributed by atoms with Crippen molar-refractivity contribution in [2.75, 3.05) is 6.54 Å². The first kappa shape index (κ1) is 12.5. The molecule has 0 bridgehead atoms. The third kappa shape index (κ3) is 3.04. The number of hydrogen-bond acceptors (Lipinski definition) is 4. The number of rotatable bonds is 4. The van der Waals surface area contributed by atoms with Gasteiger partial charge in [-0.05, 0) is 26.3 Å². The molecule has 0 spiro atoms. The predicted molar refractivity (Wildman–Crippen MR) is 69.2 cm³/mol. The molecule has 1 aromatic rings. The largest absolute Gasteiger partial charge is 0.346 e. The van der Waals surface area contributed by atoms with Crippen LogP contribution in [0, 0.1) is 0 Å². The molecule has 1 amide bonds. The molecule has 1 aliphatic rings. The van der Waals surface area contributed by atoms with E-state index in [4.69, 9.17) is 5.73 Å². The van der Waals surface area contributed by atoms with Gasteiger partial charge in [0.2, 0.25) is 0 Å². The zero-order valence-corrected chi connectivity index (χ0v) is 11.0. The van der Waals surface area contributed by atoms with Gasteiger partial charge in [0.25, 0.3) is 5.91 Å². The lowest BCUT2D eigenvalue weighted by molar-refractivity contribution is 0.0903. The molecule has 0 radical (unpaired) electrons. The fourth-order valence-electron chi connectivity index (χ4n) is 2.27. The Labute approximate surface area is 106 Å². The second-order valence-corrected chi connectivity index (χ2v) is 5.83. The molecule has 0 atom stereocenters. The summed E-state index contributed by atoms with van der Waals surface area (Å²) in [4.78, 5) is 16.3. The lowest BCUT2D eigenvalue weighted by Crippen LogP contribution is -2.43. The highest BCUT2D eigenvalue weighted by atomic mass is 32.1. The quantitative estimate of drug-likeness (QED) is 0.858.